The fourth-order valence-electron chi connectivity index (χ4n) is 2.59. The van der Waals surface area contributed by atoms with E-state index >= 15 is 0 Å². The number of piperidine rings is 1. The lowest BCUT2D eigenvalue weighted by Gasteiger charge is -2.35. The minimum absolute atomic E-state index is 0.0302. The van der Waals surface area contributed by atoms with Crippen molar-refractivity contribution in [3.05, 3.63) is 24.0 Å². The van der Waals surface area contributed by atoms with Gasteiger partial charge in [-0.3, -0.25) is 9.78 Å². The highest BCUT2D eigenvalue weighted by Gasteiger charge is 2.28. The summed E-state index contributed by atoms with van der Waals surface area (Å²) in [6.45, 7) is 0.858. The first-order valence-corrected chi connectivity index (χ1v) is 6.67. The van der Waals surface area contributed by atoms with E-state index in [-0.39, 0.29) is 18.6 Å². The van der Waals surface area contributed by atoms with Crippen molar-refractivity contribution in [2.75, 3.05) is 20.3 Å². The smallest absolute Gasteiger partial charge is 0.257 e. The van der Waals surface area contributed by atoms with Crippen molar-refractivity contribution in [1.29, 1.82) is 0 Å². The van der Waals surface area contributed by atoms with E-state index in [1.165, 1.54) is 7.11 Å². The first-order chi connectivity index (χ1) is 9.27. The van der Waals surface area contributed by atoms with E-state index in [1.807, 2.05) is 4.90 Å². The summed E-state index contributed by atoms with van der Waals surface area (Å²) in [5, 5.41) is 9.12. The molecule has 1 unspecified atom stereocenters. The lowest BCUT2D eigenvalue weighted by molar-refractivity contribution is 0.0571. The van der Waals surface area contributed by atoms with Gasteiger partial charge in [0.25, 0.3) is 5.91 Å². The molecular weight excluding hydrogens is 244 g/mol. The zero-order chi connectivity index (χ0) is 13.7. The zero-order valence-electron chi connectivity index (χ0n) is 11.2. The van der Waals surface area contributed by atoms with Crippen molar-refractivity contribution in [3.8, 4) is 5.75 Å². The number of rotatable bonds is 4. The van der Waals surface area contributed by atoms with Crippen molar-refractivity contribution in [2.45, 2.75) is 31.7 Å². The summed E-state index contributed by atoms with van der Waals surface area (Å²) in [6, 6.07) is 1.82. The Morgan fingerprint density at radius 3 is 3.16 bits per heavy atom. The van der Waals surface area contributed by atoms with E-state index in [4.69, 9.17) is 9.84 Å². The zero-order valence-corrected chi connectivity index (χ0v) is 11.2. The van der Waals surface area contributed by atoms with Crippen molar-refractivity contribution < 1.29 is 14.6 Å². The first-order valence-electron chi connectivity index (χ1n) is 6.67. The summed E-state index contributed by atoms with van der Waals surface area (Å²) in [5.41, 5.74) is 0.544. The molecule has 1 aromatic heterocycles. The van der Waals surface area contributed by atoms with E-state index in [1.54, 1.807) is 18.5 Å². The van der Waals surface area contributed by atoms with Gasteiger partial charge in [-0.25, -0.2) is 0 Å². The molecule has 0 aliphatic carbocycles. The summed E-state index contributed by atoms with van der Waals surface area (Å²) in [4.78, 5) is 18.4. The highest BCUT2D eigenvalue weighted by molar-refractivity contribution is 5.97. The number of aliphatic hydroxyl groups excluding tert-OH is 1. The number of hydrogen-bond acceptors (Lipinski definition) is 4. The lowest BCUT2D eigenvalue weighted by Crippen LogP contribution is -2.44. The SMILES string of the molecule is COc1cnccc1C(=O)N1CCCCC1CCO. The number of hydrogen-bond donors (Lipinski definition) is 1. The second-order valence-electron chi connectivity index (χ2n) is 4.74. The van der Waals surface area contributed by atoms with Crippen molar-refractivity contribution in [1.82, 2.24) is 9.88 Å². The Bertz CT molecular complexity index is 434. The summed E-state index contributed by atoms with van der Waals surface area (Å²) in [7, 11) is 1.54. The maximum absolute atomic E-state index is 12.6. The van der Waals surface area contributed by atoms with Gasteiger partial charge in [0.2, 0.25) is 0 Å². The quantitative estimate of drug-likeness (QED) is 0.894. The Morgan fingerprint density at radius 1 is 1.58 bits per heavy atom. The van der Waals surface area contributed by atoms with Gasteiger partial charge in [-0.05, 0) is 31.7 Å². The van der Waals surface area contributed by atoms with Crippen LogP contribution in [0.3, 0.4) is 0 Å². The van der Waals surface area contributed by atoms with Crippen LogP contribution < -0.4 is 4.74 Å². The Hall–Kier alpha value is -1.62. The van der Waals surface area contributed by atoms with Crippen LogP contribution in [0.1, 0.15) is 36.0 Å². The normalized spacial score (nSPS) is 19.3. The third kappa shape index (κ3) is 3.04. The number of carbonyl (C=O) groups excluding carboxylic acids is 1. The predicted molar refractivity (Wildman–Crippen MR) is 71.2 cm³/mol. The summed E-state index contributed by atoms with van der Waals surface area (Å²) >= 11 is 0. The van der Waals surface area contributed by atoms with E-state index in [2.05, 4.69) is 4.98 Å². The van der Waals surface area contributed by atoms with E-state index < -0.39 is 0 Å². The third-order valence-electron chi connectivity index (χ3n) is 3.59. The number of pyridine rings is 1. The molecule has 0 bridgehead atoms. The molecule has 0 spiro atoms. The van der Waals surface area contributed by atoms with Crippen LogP contribution in [0.4, 0.5) is 0 Å². The van der Waals surface area contributed by atoms with Crippen LogP contribution in [0.5, 0.6) is 5.75 Å². The number of methoxy groups -OCH3 is 1. The molecule has 1 fully saturated rings. The molecule has 0 saturated carbocycles. The highest BCUT2D eigenvalue weighted by Crippen LogP contribution is 2.25. The predicted octanol–water partition coefficient (Wildman–Crippen LogP) is 1.47. The van der Waals surface area contributed by atoms with Gasteiger partial charge in [-0.15, -0.1) is 0 Å². The molecule has 1 atom stereocenters. The number of aliphatic hydroxyl groups is 1. The second kappa shape index (κ2) is 6.52. The van der Waals surface area contributed by atoms with E-state index in [0.29, 0.717) is 17.7 Å². The summed E-state index contributed by atoms with van der Waals surface area (Å²) in [6.07, 6.45) is 6.88. The molecule has 1 N–H and O–H groups in total. The van der Waals surface area contributed by atoms with Crippen LogP contribution in [0.25, 0.3) is 0 Å². The van der Waals surface area contributed by atoms with Gasteiger partial charge in [0.05, 0.1) is 18.9 Å². The van der Waals surface area contributed by atoms with Crippen LogP contribution in [-0.4, -0.2) is 47.2 Å². The molecule has 1 aromatic rings. The van der Waals surface area contributed by atoms with Crippen LogP contribution in [0.2, 0.25) is 0 Å². The number of nitrogens with zero attached hydrogens (tertiary/aromatic N) is 2. The van der Waals surface area contributed by atoms with Gasteiger partial charge in [-0.2, -0.15) is 0 Å². The molecular formula is C14H20N2O3. The number of likely N-dealkylation sites (tertiary alicyclic amines) is 1. The average Bonchev–Trinajstić information content (AvgIpc) is 2.47. The Morgan fingerprint density at radius 2 is 2.42 bits per heavy atom. The average molecular weight is 264 g/mol. The maximum atomic E-state index is 12.6. The minimum atomic E-state index is -0.0302. The number of carbonyl (C=O) groups is 1. The molecule has 1 aliphatic heterocycles. The second-order valence-corrected chi connectivity index (χ2v) is 4.74. The molecule has 5 nitrogen and oxygen atoms in total. The molecule has 2 rings (SSSR count). The fourth-order valence-corrected chi connectivity index (χ4v) is 2.59. The van der Waals surface area contributed by atoms with Crippen LogP contribution in [0.15, 0.2) is 18.5 Å². The molecule has 0 radical (unpaired) electrons. The topological polar surface area (TPSA) is 62.7 Å². The standard InChI is InChI=1S/C14H20N2O3/c1-19-13-10-15-7-5-12(13)14(18)16-8-3-2-4-11(16)6-9-17/h5,7,10-11,17H,2-4,6,8-9H2,1H3. The van der Waals surface area contributed by atoms with Gasteiger partial charge >= 0.3 is 0 Å². The van der Waals surface area contributed by atoms with Crippen molar-refractivity contribution >= 4 is 5.91 Å². The van der Waals surface area contributed by atoms with Gasteiger partial charge in [0.15, 0.2) is 0 Å². The largest absolute Gasteiger partial charge is 0.494 e. The third-order valence-corrected chi connectivity index (χ3v) is 3.59. The maximum Gasteiger partial charge on any atom is 0.257 e. The molecule has 1 aliphatic rings. The Kier molecular flexibility index (Phi) is 4.74. The first kappa shape index (κ1) is 13.8. The number of amides is 1. The van der Waals surface area contributed by atoms with Crippen LogP contribution >= 0.6 is 0 Å². The summed E-state index contributed by atoms with van der Waals surface area (Å²) < 4.78 is 5.19. The monoisotopic (exact) mass is 264 g/mol. The molecule has 5 heteroatoms. The summed E-state index contributed by atoms with van der Waals surface area (Å²) in [5.74, 6) is 0.471. The van der Waals surface area contributed by atoms with Gasteiger partial charge in [-0.1, -0.05) is 0 Å². The van der Waals surface area contributed by atoms with Gasteiger partial charge in [0.1, 0.15) is 5.75 Å². The number of aromatic nitrogens is 1. The molecule has 104 valence electrons. The van der Waals surface area contributed by atoms with Crippen molar-refractivity contribution in [3.63, 3.8) is 0 Å². The molecule has 19 heavy (non-hydrogen) atoms. The van der Waals surface area contributed by atoms with E-state index in [9.17, 15) is 4.79 Å². The number of ether oxygens (including phenoxy) is 1. The van der Waals surface area contributed by atoms with Crippen LogP contribution in [0, 0.1) is 0 Å². The molecule has 1 saturated heterocycles. The Labute approximate surface area is 113 Å². The van der Waals surface area contributed by atoms with Gasteiger partial charge < -0.3 is 14.7 Å². The van der Waals surface area contributed by atoms with Gasteiger partial charge in [0, 0.05) is 25.4 Å². The van der Waals surface area contributed by atoms with Crippen LogP contribution in [-0.2, 0) is 0 Å². The minimum Gasteiger partial charge on any atom is -0.494 e. The van der Waals surface area contributed by atoms with E-state index in [0.717, 1.165) is 25.8 Å². The van der Waals surface area contributed by atoms with Crippen molar-refractivity contribution in [2.24, 2.45) is 0 Å². The Balaban J connectivity index is 2.21. The highest BCUT2D eigenvalue weighted by atomic mass is 16.5. The molecule has 1 amide bonds. The molecule has 2 heterocycles. The lowest BCUT2D eigenvalue weighted by atomic mass is 9.98. The fraction of sp³-hybridized carbons (Fsp3) is 0.571. The molecule has 0 aromatic carbocycles.